The molecule has 2 atom stereocenters. The number of carboxylic acid groups (broad SMARTS) is 1. The Hall–Kier alpha value is -3.54. The SMILES string of the molecule is COCCCS(=O)(=O)c1ccc2c(c1)C(C)(CCCS(=O)(=O)O)C(/C=C/C=C1/N(CCOC)c3ccc(S(=O)(=O)O)cc3C1(C)CCCS(=O)(=O)O)=[N+]2CCCCCC(=O)O. The van der Waals surface area contributed by atoms with Crippen LogP contribution in [0.3, 0.4) is 0 Å². The molecular formula is C40H57N2O15S4+. The Morgan fingerprint density at radius 2 is 1.34 bits per heavy atom. The molecule has 0 aromatic heterocycles. The third-order valence-electron chi connectivity index (χ3n) is 11.3. The van der Waals surface area contributed by atoms with E-state index in [0.717, 1.165) is 0 Å². The van der Waals surface area contributed by atoms with Crippen LogP contribution < -0.4 is 4.90 Å². The molecule has 4 N–H and O–H groups in total. The molecule has 2 aromatic carbocycles. The van der Waals surface area contributed by atoms with Crippen molar-refractivity contribution in [3.63, 3.8) is 0 Å². The van der Waals surface area contributed by atoms with Crippen LogP contribution >= 0.6 is 0 Å². The maximum atomic E-state index is 13.5. The minimum Gasteiger partial charge on any atom is -0.481 e. The highest BCUT2D eigenvalue weighted by atomic mass is 32.2. The van der Waals surface area contributed by atoms with Crippen LogP contribution in [0.25, 0.3) is 0 Å². The standard InChI is InChI=1S/C40H56N2O15S4/c1-39(19-9-26-59(47,48)49)32-28-30(58(45,46)25-11-23-56-3)15-17-34(32)41(21-7-5-6-14-38(43)44)36(39)12-8-13-37-40(2,20-10-27-60(50,51)52)33-29-31(61(53,54)55)16-18-35(33)42(37)22-24-57-4/h8,12-13,15-18,28-29H,5-7,9-11,14,19-27H2,1-4H3,(H3-,43,44,47,48,49,50,51,52,53,54,55)/p+1. The van der Waals surface area contributed by atoms with Crippen LogP contribution in [-0.2, 0) is 65.3 Å². The molecule has 2 aliphatic rings. The largest absolute Gasteiger partial charge is 0.481 e. The smallest absolute Gasteiger partial charge is 0.303 e. The Bertz CT molecular complexity index is 2480. The molecule has 0 radical (unpaired) electrons. The number of benzene rings is 2. The Morgan fingerprint density at radius 3 is 1.93 bits per heavy atom. The zero-order chi connectivity index (χ0) is 45.4. The average Bonchev–Trinajstić information content (AvgIpc) is 3.52. The van der Waals surface area contributed by atoms with E-state index in [1.807, 2.05) is 22.5 Å². The van der Waals surface area contributed by atoms with Gasteiger partial charge >= 0.3 is 5.97 Å². The lowest BCUT2D eigenvalue weighted by molar-refractivity contribution is -0.438. The highest BCUT2D eigenvalue weighted by Crippen LogP contribution is 2.51. The fourth-order valence-corrected chi connectivity index (χ4v) is 11.1. The predicted octanol–water partition coefficient (Wildman–Crippen LogP) is 4.95. The van der Waals surface area contributed by atoms with Crippen LogP contribution in [0.2, 0.25) is 0 Å². The number of rotatable bonds is 25. The number of aliphatic carboxylic acids is 1. The Morgan fingerprint density at radius 1 is 0.738 bits per heavy atom. The maximum Gasteiger partial charge on any atom is 0.303 e. The van der Waals surface area contributed by atoms with Crippen molar-refractivity contribution in [3.05, 3.63) is 71.5 Å². The summed E-state index contributed by atoms with van der Waals surface area (Å²) < 4.78 is 141. The normalized spacial score (nSPS) is 20.2. The first-order valence-corrected chi connectivity index (χ1v) is 26.1. The molecule has 0 fully saturated rings. The van der Waals surface area contributed by atoms with E-state index in [0.29, 0.717) is 59.7 Å². The lowest BCUT2D eigenvalue weighted by Crippen LogP contribution is -2.32. The number of nitrogens with zero attached hydrogens (tertiary/aromatic N) is 2. The summed E-state index contributed by atoms with van der Waals surface area (Å²) in [6.07, 6.45) is 7.38. The molecule has 0 aliphatic carbocycles. The first kappa shape index (κ1) is 50.1. The van der Waals surface area contributed by atoms with Gasteiger partial charge in [-0.3, -0.25) is 18.5 Å². The highest BCUT2D eigenvalue weighted by Gasteiger charge is 2.48. The minimum absolute atomic E-state index is 0.00646. The topological polar surface area (TPSA) is 259 Å². The molecule has 2 aliphatic heterocycles. The molecule has 2 heterocycles. The second-order valence-electron chi connectivity index (χ2n) is 15.7. The van der Waals surface area contributed by atoms with Gasteiger partial charge in [0.05, 0.1) is 39.1 Å². The molecule has 0 amide bonds. The van der Waals surface area contributed by atoms with E-state index in [2.05, 4.69) is 0 Å². The lowest BCUT2D eigenvalue weighted by Gasteiger charge is -2.30. The highest BCUT2D eigenvalue weighted by molar-refractivity contribution is 7.91. The van der Waals surface area contributed by atoms with E-state index in [4.69, 9.17) is 9.47 Å². The fourth-order valence-electron chi connectivity index (χ4n) is 8.29. The molecule has 61 heavy (non-hydrogen) atoms. The molecule has 0 saturated carbocycles. The molecule has 2 aromatic rings. The number of allylic oxidation sites excluding steroid dienone is 4. The first-order chi connectivity index (χ1) is 28.4. The van der Waals surface area contributed by atoms with Crippen molar-refractivity contribution in [2.75, 3.05) is 62.7 Å². The summed E-state index contributed by atoms with van der Waals surface area (Å²) >= 11 is 0. The average molecular weight is 934 g/mol. The molecule has 340 valence electrons. The van der Waals surface area contributed by atoms with E-state index in [1.54, 1.807) is 37.3 Å². The van der Waals surface area contributed by atoms with Crippen molar-refractivity contribution < 1.29 is 71.3 Å². The van der Waals surface area contributed by atoms with Gasteiger partial charge in [-0.1, -0.05) is 6.08 Å². The van der Waals surface area contributed by atoms with E-state index in [1.165, 1.54) is 32.4 Å². The van der Waals surface area contributed by atoms with Gasteiger partial charge in [-0.05, 0) is 101 Å². The van der Waals surface area contributed by atoms with Crippen molar-refractivity contribution >= 4 is 63.2 Å². The minimum atomic E-state index is -4.64. The van der Waals surface area contributed by atoms with Crippen LogP contribution in [0.5, 0.6) is 0 Å². The molecular weight excluding hydrogens is 877 g/mol. The fraction of sp³-hybridized carbons (Fsp3) is 0.550. The van der Waals surface area contributed by atoms with Gasteiger partial charge in [0, 0.05) is 74.7 Å². The predicted molar refractivity (Wildman–Crippen MR) is 230 cm³/mol. The number of anilines is 1. The van der Waals surface area contributed by atoms with Gasteiger partial charge in [-0.25, -0.2) is 8.42 Å². The molecule has 4 rings (SSSR count). The summed E-state index contributed by atoms with van der Waals surface area (Å²) in [7, 11) is -14.2. The summed E-state index contributed by atoms with van der Waals surface area (Å²) in [4.78, 5) is 12.8. The third-order valence-corrected chi connectivity index (χ3v) is 15.6. The zero-order valence-electron chi connectivity index (χ0n) is 34.8. The maximum absolute atomic E-state index is 13.5. The van der Waals surface area contributed by atoms with Gasteiger partial charge in [0.1, 0.15) is 6.54 Å². The van der Waals surface area contributed by atoms with Crippen molar-refractivity contribution in [1.82, 2.24) is 0 Å². The van der Waals surface area contributed by atoms with Crippen molar-refractivity contribution in [1.29, 1.82) is 0 Å². The second-order valence-corrected chi connectivity index (χ2v) is 22.4. The number of ether oxygens (including phenoxy) is 2. The van der Waals surface area contributed by atoms with E-state index >= 15 is 0 Å². The number of hydrogen-bond donors (Lipinski definition) is 4. The molecule has 0 bridgehead atoms. The number of hydrogen-bond acceptors (Lipinski definition) is 12. The van der Waals surface area contributed by atoms with Crippen LogP contribution in [0, 0.1) is 0 Å². The quantitative estimate of drug-likeness (QED) is 0.0584. The number of methoxy groups -OCH3 is 2. The zero-order valence-corrected chi connectivity index (χ0v) is 38.1. The monoisotopic (exact) mass is 933 g/mol. The summed E-state index contributed by atoms with van der Waals surface area (Å²) in [5.74, 6) is -2.22. The van der Waals surface area contributed by atoms with Crippen LogP contribution in [0.15, 0.2) is 70.1 Å². The Balaban J connectivity index is 1.94. The van der Waals surface area contributed by atoms with E-state index < -0.39 is 68.5 Å². The van der Waals surface area contributed by atoms with Gasteiger partial charge in [-0.15, -0.1) is 0 Å². The summed E-state index contributed by atoms with van der Waals surface area (Å²) in [6.45, 7) is 4.79. The van der Waals surface area contributed by atoms with Gasteiger partial charge in [0.15, 0.2) is 15.5 Å². The van der Waals surface area contributed by atoms with Crippen LogP contribution in [-0.4, -0.2) is 126 Å². The number of carboxylic acids is 1. The Kier molecular flexibility index (Phi) is 16.7. The molecule has 21 heteroatoms. The molecule has 0 saturated heterocycles. The number of carbonyl (C=O) groups is 1. The summed E-state index contributed by atoms with van der Waals surface area (Å²) in [6, 6.07) is 8.96. The van der Waals surface area contributed by atoms with Crippen molar-refractivity contribution in [2.24, 2.45) is 0 Å². The summed E-state index contributed by atoms with van der Waals surface area (Å²) in [5, 5.41) is 9.21. The third kappa shape index (κ3) is 12.8. The number of fused-ring (bicyclic) bond motifs is 2. The summed E-state index contributed by atoms with van der Waals surface area (Å²) in [5.41, 5.74) is 1.50. The van der Waals surface area contributed by atoms with Gasteiger partial charge in [0.2, 0.25) is 5.69 Å². The van der Waals surface area contributed by atoms with E-state index in [9.17, 15) is 57.2 Å². The van der Waals surface area contributed by atoms with Crippen LogP contribution in [0.4, 0.5) is 11.4 Å². The molecule has 17 nitrogen and oxygen atoms in total. The molecule has 0 spiro atoms. The van der Waals surface area contributed by atoms with Gasteiger partial charge < -0.3 is 19.5 Å². The van der Waals surface area contributed by atoms with Crippen molar-refractivity contribution in [3.8, 4) is 0 Å². The Labute approximate surface area is 359 Å². The second kappa shape index (κ2) is 20.3. The van der Waals surface area contributed by atoms with E-state index in [-0.39, 0.29) is 73.8 Å². The number of unbranched alkanes of at least 4 members (excludes halogenated alkanes) is 2. The van der Waals surface area contributed by atoms with Crippen molar-refractivity contribution in [2.45, 2.75) is 92.3 Å². The van der Waals surface area contributed by atoms with Gasteiger partial charge in [0.25, 0.3) is 30.4 Å². The van der Waals surface area contributed by atoms with Crippen LogP contribution in [0.1, 0.15) is 82.8 Å². The van der Waals surface area contributed by atoms with Gasteiger partial charge in [-0.2, -0.15) is 29.8 Å². The first-order valence-electron chi connectivity index (χ1n) is 19.8. The number of sulfone groups is 1. The molecule has 2 unspecified atom stereocenters. The lowest BCUT2D eigenvalue weighted by atomic mass is 9.75.